The summed E-state index contributed by atoms with van der Waals surface area (Å²) in [5.41, 5.74) is 0.223. The molecular weight excluding hydrogens is 166 g/mol. The molecule has 11 heavy (non-hydrogen) atoms. The Morgan fingerprint density at radius 1 is 1.36 bits per heavy atom. The molecule has 60 valence electrons. The van der Waals surface area contributed by atoms with Crippen LogP contribution >= 0.6 is 0 Å². The molecule has 0 bridgehead atoms. The molecule has 0 amide bonds. The molecule has 0 fully saturated rings. The van der Waals surface area contributed by atoms with Crippen LogP contribution in [0.5, 0.6) is 0 Å². The standard InChI is InChI=1S/C6H7NO3S/c8-7(11(9)10)6-4-2-1-3-5-6/h1-5,8H,(H,9,10)/p-1. The van der Waals surface area contributed by atoms with Gasteiger partial charge in [-0.1, -0.05) is 18.2 Å². The zero-order chi connectivity index (χ0) is 8.27. The molecule has 0 spiro atoms. The Morgan fingerprint density at radius 2 is 1.91 bits per heavy atom. The molecule has 1 aromatic carbocycles. The minimum Gasteiger partial charge on any atom is -0.753 e. The van der Waals surface area contributed by atoms with E-state index in [0.29, 0.717) is 0 Å². The summed E-state index contributed by atoms with van der Waals surface area (Å²) in [5, 5.41) is 8.82. The molecule has 4 nitrogen and oxygen atoms in total. The molecule has 1 N–H and O–H groups in total. The monoisotopic (exact) mass is 172 g/mol. The highest BCUT2D eigenvalue weighted by molar-refractivity contribution is 7.80. The summed E-state index contributed by atoms with van der Waals surface area (Å²) in [6.45, 7) is 0. The van der Waals surface area contributed by atoms with E-state index in [9.17, 15) is 8.76 Å². The number of rotatable bonds is 2. The van der Waals surface area contributed by atoms with Gasteiger partial charge in [-0.2, -0.15) is 4.47 Å². The van der Waals surface area contributed by atoms with Gasteiger partial charge in [0.15, 0.2) is 0 Å². The molecule has 1 aromatic rings. The molecule has 0 heterocycles. The van der Waals surface area contributed by atoms with Crippen LogP contribution in [0.25, 0.3) is 0 Å². The average molecular weight is 172 g/mol. The second kappa shape index (κ2) is 3.47. The van der Waals surface area contributed by atoms with Crippen LogP contribution < -0.4 is 4.47 Å². The summed E-state index contributed by atoms with van der Waals surface area (Å²) in [6, 6.07) is 7.95. The van der Waals surface area contributed by atoms with E-state index in [1.54, 1.807) is 18.2 Å². The Kier molecular flexibility index (Phi) is 2.58. The quantitative estimate of drug-likeness (QED) is 0.527. The third kappa shape index (κ3) is 2.01. The van der Waals surface area contributed by atoms with Crippen molar-refractivity contribution in [1.29, 1.82) is 0 Å². The van der Waals surface area contributed by atoms with Gasteiger partial charge in [-0.05, 0) is 12.1 Å². The van der Waals surface area contributed by atoms with Gasteiger partial charge in [0.05, 0.1) is 17.0 Å². The Balaban J connectivity index is 2.85. The van der Waals surface area contributed by atoms with Crippen molar-refractivity contribution < 1.29 is 14.0 Å². The second-order valence-electron chi connectivity index (χ2n) is 1.83. The predicted octanol–water partition coefficient (Wildman–Crippen LogP) is 0.676. The second-order valence-corrected chi connectivity index (χ2v) is 2.61. The van der Waals surface area contributed by atoms with E-state index in [2.05, 4.69) is 0 Å². The summed E-state index contributed by atoms with van der Waals surface area (Å²) < 4.78 is 20.5. The molecule has 1 rings (SSSR count). The number of hydrogen-bond donors (Lipinski definition) is 1. The molecule has 0 aliphatic rings. The van der Waals surface area contributed by atoms with Gasteiger partial charge in [0.25, 0.3) is 0 Å². The van der Waals surface area contributed by atoms with Crippen LogP contribution in [0.3, 0.4) is 0 Å². The summed E-state index contributed by atoms with van der Waals surface area (Å²) in [6.07, 6.45) is 0. The molecule has 0 aromatic heterocycles. The van der Waals surface area contributed by atoms with Gasteiger partial charge in [-0.3, -0.25) is 5.21 Å². The Bertz CT molecular complexity index is 251. The summed E-state index contributed by atoms with van der Waals surface area (Å²) in [5.74, 6) is 0. The van der Waals surface area contributed by atoms with E-state index in [1.165, 1.54) is 12.1 Å². The molecule has 0 aliphatic heterocycles. The van der Waals surface area contributed by atoms with E-state index in [-0.39, 0.29) is 10.2 Å². The third-order valence-electron chi connectivity index (χ3n) is 1.12. The van der Waals surface area contributed by atoms with Gasteiger partial charge in [-0.25, -0.2) is 4.21 Å². The fourth-order valence-corrected chi connectivity index (χ4v) is 0.935. The normalized spacial score (nSPS) is 12.5. The van der Waals surface area contributed by atoms with Gasteiger partial charge >= 0.3 is 0 Å². The lowest BCUT2D eigenvalue weighted by Gasteiger charge is -2.17. The van der Waals surface area contributed by atoms with Crippen LogP contribution in [-0.4, -0.2) is 14.0 Å². The Hall–Kier alpha value is -0.910. The number of benzene rings is 1. The first-order chi connectivity index (χ1) is 5.22. The molecule has 0 radical (unpaired) electrons. The fraction of sp³-hybridized carbons (Fsp3) is 0. The molecule has 5 heteroatoms. The van der Waals surface area contributed by atoms with Crippen LogP contribution in [0.15, 0.2) is 30.3 Å². The average Bonchev–Trinajstić information content (AvgIpc) is 2.05. The van der Waals surface area contributed by atoms with Crippen LogP contribution in [0.2, 0.25) is 0 Å². The van der Waals surface area contributed by atoms with Gasteiger partial charge < -0.3 is 4.55 Å². The molecular formula is C6H6NO3S-. The van der Waals surface area contributed by atoms with E-state index in [4.69, 9.17) is 5.21 Å². The highest BCUT2D eigenvalue weighted by atomic mass is 32.2. The van der Waals surface area contributed by atoms with Crippen molar-refractivity contribution in [3.8, 4) is 0 Å². The largest absolute Gasteiger partial charge is 0.753 e. The summed E-state index contributed by atoms with van der Waals surface area (Å²) in [7, 11) is 0. The maximum Gasteiger partial charge on any atom is 0.0779 e. The molecule has 0 aliphatic carbocycles. The first kappa shape index (κ1) is 8.19. The van der Waals surface area contributed by atoms with Gasteiger partial charge in [0.1, 0.15) is 0 Å². The van der Waals surface area contributed by atoms with Crippen LogP contribution in [0, 0.1) is 0 Å². The summed E-state index contributed by atoms with van der Waals surface area (Å²) >= 11 is -2.62. The van der Waals surface area contributed by atoms with Crippen molar-refractivity contribution in [2.45, 2.75) is 0 Å². The predicted molar refractivity (Wildman–Crippen MR) is 39.6 cm³/mol. The van der Waals surface area contributed by atoms with Crippen molar-refractivity contribution in [2.24, 2.45) is 0 Å². The zero-order valence-electron chi connectivity index (χ0n) is 5.51. The van der Waals surface area contributed by atoms with Crippen molar-refractivity contribution >= 4 is 17.0 Å². The number of nitrogens with zero attached hydrogens (tertiary/aromatic N) is 1. The molecule has 0 saturated heterocycles. The highest BCUT2D eigenvalue weighted by Gasteiger charge is 1.99. The lowest BCUT2D eigenvalue weighted by molar-refractivity contribution is 0.310. The van der Waals surface area contributed by atoms with E-state index in [0.717, 1.165) is 0 Å². The first-order valence-corrected chi connectivity index (χ1v) is 3.88. The lowest BCUT2D eigenvalue weighted by Crippen LogP contribution is -2.19. The summed E-state index contributed by atoms with van der Waals surface area (Å²) in [4.78, 5) is 0. The first-order valence-electron chi connectivity index (χ1n) is 2.85. The van der Waals surface area contributed by atoms with Crippen LogP contribution in [-0.2, 0) is 11.3 Å². The third-order valence-corrected chi connectivity index (χ3v) is 1.61. The molecule has 1 unspecified atom stereocenters. The van der Waals surface area contributed by atoms with Gasteiger partial charge in [0.2, 0.25) is 0 Å². The van der Waals surface area contributed by atoms with Crippen molar-refractivity contribution in [3.05, 3.63) is 30.3 Å². The molecule has 1 atom stereocenters. The van der Waals surface area contributed by atoms with E-state index in [1.807, 2.05) is 0 Å². The minimum absolute atomic E-state index is 0.167. The Labute approximate surface area is 66.5 Å². The SMILES string of the molecule is O=S([O-])N(O)c1ccccc1. The number of para-hydroxylation sites is 1. The maximum absolute atomic E-state index is 10.2. The van der Waals surface area contributed by atoms with Crippen molar-refractivity contribution in [1.82, 2.24) is 0 Å². The highest BCUT2D eigenvalue weighted by Crippen LogP contribution is 2.10. The number of hydrogen-bond acceptors (Lipinski definition) is 3. The topological polar surface area (TPSA) is 63.6 Å². The number of anilines is 1. The molecule has 0 saturated carbocycles. The van der Waals surface area contributed by atoms with E-state index >= 15 is 0 Å². The van der Waals surface area contributed by atoms with Crippen molar-refractivity contribution in [3.63, 3.8) is 0 Å². The smallest absolute Gasteiger partial charge is 0.0779 e. The van der Waals surface area contributed by atoms with Crippen molar-refractivity contribution in [2.75, 3.05) is 4.47 Å². The van der Waals surface area contributed by atoms with Gasteiger partial charge in [0, 0.05) is 0 Å². The van der Waals surface area contributed by atoms with Crippen LogP contribution in [0.4, 0.5) is 5.69 Å². The van der Waals surface area contributed by atoms with Crippen LogP contribution in [0.1, 0.15) is 0 Å². The van der Waals surface area contributed by atoms with E-state index < -0.39 is 11.3 Å². The lowest BCUT2D eigenvalue weighted by atomic mass is 10.3. The Morgan fingerprint density at radius 3 is 2.36 bits per heavy atom. The van der Waals surface area contributed by atoms with Gasteiger partial charge in [-0.15, -0.1) is 0 Å². The minimum atomic E-state index is -2.62. The fourth-order valence-electron chi connectivity index (χ4n) is 0.642. The maximum atomic E-state index is 10.2. The zero-order valence-corrected chi connectivity index (χ0v) is 6.32.